The van der Waals surface area contributed by atoms with Crippen LogP contribution in [-0.2, 0) is 11.3 Å². The second-order valence-electron chi connectivity index (χ2n) is 4.99. The summed E-state index contributed by atoms with van der Waals surface area (Å²) in [6.45, 7) is 2.23. The molecule has 5 nitrogen and oxygen atoms in total. The molecule has 1 aromatic carbocycles. The van der Waals surface area contributed by atoms with Crippen LogP contribution >= 0.6 is 0 Å². The van der Waals surface area contributed by atoms with E-state index in [2.05, 4.69) is 4.98 Å². The summed E-state index contributed by atoms with van der Waals surface area (Å²) in [6.07, 6.45) is 2.68. The topological polar surface area (TPSA) is 51.7 Å². The van der Waals surface area contributed by atoms with Crippen molar-refractivity contribution >= 4 is 5.91 Å². The summed E-state index contributed by atoms with van der Waals surface area (Å²) in [5.74, 6) is 1.27. The van der Waals surface area contributed by atoms with Crippen LogP contribution in [0.25, 0.3) is 0 Å². The number of aromatic nitrogens is 1. The fourth-order valence-corrected chi connectivity index (χ4v) is 2.10. The molecule has 0 spiro atoms. The standard InChI is InChI=1S/C17H20N2O3/c1-13(22-16-8-5-9-18-11-16)17(20)19(2)12-14-6-4-7-15(10-14)21-3/h4-11,13H,12H2,1-3H3. The number of carbonyl (C=O) groups is 1. The van der Waals surface area contributed by atoms with Gasteiger partial charge in [-0.1, -0.05) is 12.1 Å². The number of benzene rings is 1. The Bertz CT molecular complexity index is 616. The van der Waals surface area contributed by atoms with E-state index in [0.29, 0.717) is 12.3 Å². The van der Waals surface area contributed by atoms with Gasteiger partial charge in [0.1, 0.15) is 11.5 Å². The molecular formula is C17H20N2O3. The maximum absolute atomic E-state index is 12.4. The molecule has 1 heterocycles. The molecular weight excluding hydrogens is 280 g/mol. The number of rotatable bonds is 6. The van der Waals surface area contributed by atoms with Crippen molar-refractivity contribution in [3.8, 4) is 11.5 Å². The van der Waals surface area contributed by atoms with E-state index >= 15 is 0 Å². The third-order valence-corrected chi connectivity index (χ3v) is 3.23. The zero-order valence-electron chi connectivity index (χ0n) is 13.0. The maximum Gasteiger partial charge on any atom is 0.263 e. The third-order valence-electron chi connectivity index (χ3n) is 3.23. The lowest BCUT2D eigenvalue weighted by Gasteiger charge is -2.22. The van der Waals surface area contributed by atoms with Gasteiger partial charge in [0.25, 0.3) is 5.91 Å². The van der Waals surface area contributed by atoms with Gasteiger partial charge in [-0.2, -0.15) is 0 Å². The number of hydrogen-bond acceptors (Lipinski definition) is 4. The summed E-state index contributed by atoms with van der Waals surface area (Å²) in [6, 6.07) is 11.2. The van der Waals surface area contributed by atoms with Gasteiger partial charge in [0.15, 0.2) is 6.10 Å². The van der Waals surface area contributed by atoms with E-state index < -0.39 is 6.10 Å². The molecule has 2 aromatic rings. The number of pyridine rings is 1. The van der Waals surface area contributed by atoms with Crippen molar-refractivity contribution in [2.24, 2.45) is 0 Å². The van der Waals surface area contributed by atoms with Gasteiger partial charge in [-0.15, -0.1) is 0 Å². The molecule has 1 unspecified atom stereocenters. The van der Waals surface area contributed by atoms with E-state index in [9.17, 15) is 4.79 Å². The number of carbonyl (C=O) groups excluding carboxylic acids is 1. The van der Waals surface area contributed by atoms with Crippen LogP contribution in [0.3, 0.4) is 0 Å². The van der Waals surface area contributed by atoms with Gasteiger partial charge in [0.05, 0.1) is 13.3 Å². The van der Waals surface area contributed by atoms with Gasteiger partial charge < -0.3 is 14.4 Å². The Labute approximate surface area is 130 Å². The first-order valence-electron chi connectivity index (χ1n) is 7.04. The summed E-state index contributed by atoms with van der Waals surface area (Å²) in [5.41, 5.74) is 1.00. The predicted molar refractivity (Wildman–Crippen MR) is 83.8 cm³/mol. The number of hydrogen-bond donors (Lipinski definition) is 0. The molecule has 0 N–H and O–H groups in total. The lowest BCUT2D eigenvalue weighted by Crippen LogP contribution is -2.37. The van der Waals surface area contributed by atoms with Crippen molar-refractivity contribution in [3.05, 3.63) is 54.4 Å². The number of ether oxygens (including phenoxy) is 2. The number of methoxy groups -OCH3 is 1. The molecule has 0 saturated carbocycles. The number of amides is 1. The van der Waals surface area contributed by atoms with Gasteiger partial charge in [-0.25, -0.2) is 0 Å². The Morgan fingerprint density at radius 2 is 2.05 bits per heavy atom. The van der Waals surface area contributed by atoms with Crippen LogP contribution in [0.15, 0.2) is 48.8 Å². The summed E-state index contributed by atoms with van der Waals surface area (Å²) in [7, 11) is 3.38. The van der Waals surface area contributed by atoms with E-state index in [1.54, 1.807) is 50.5 Å². The first kappa shape index (κ1) is 15.8. The largest absolute Gasteiger partial charge is 0.497 e. The SMILES string of the molecule is COc1cccc(CN(C)C(=O)C(C)Oc2cccnc2)c1. The highest BCUT2D eigenvalue weighted by Crippen LogP contribution is 2.15. The van der Waals surface area contributed by atoms with E-state index in [4.69, 9.17) is 9.47 Å². The van der Waals surface area contributed by atoms with Gasteiger partial charge >= 0.3 is 0 Å². The molecule has 1 aromatic heterocycles. The zero-order chi connectivity index (χ0) is 15.9. The minimum atomic E-state index is -0.570. The molecule has 1 amide bonds. The molecule has 2 rings (SSSR count). The fourth-order valence-electron chi connectivity index (χ4n) is 2.10. The van der Waals surface area contributed by atoms with Crippen LogP contribution < -0.4 is 9.47 Å². The molecule has 0 fully saturated rings. The highest BCUT2D eigenvalue weighted by atomic mass is 16.5. The van der Waals surface area contributed by atoms with Crippen molar-refractivity contribution in [3.63, 3.8) is 0 Å². The lowest BCUT2D eigenvalue weighted by molar-refractivity contribution is -0.137. The van der Waals surface area contributed by atoms with Crippen molar-refractivity contribution < 1.29 is 14.3 Å². The highest BCUT2D eigenvalue weighted by Gasteiger charge is 2.19. The number of likely N-dealkylation sites (N-methyl/N-ethyl adjacent to an activating group) is 1. The monoisotopic (exact) mass is 300 g/mol. The first-order valence-corrected chi connectivity index (χ1v) is 7.04. The quantitative estimate of drug-likeness (QED) is 0.822. The van der Waals surface area contributed by atoms with Gasteiger partial charge in [-0.3, -0.25) is 9.78 Å². The van der Waals surface area contributed by atoms with E-state index in [-0.39, 0.29) is 5.91 Å². The minimum absolute atomic E-state index is 0.0910. The summed E-state index contributed by atoms with van der Waals surface area (Å²) < 4.78 is 10.8. The van der Waals surface area contributed by atoms with Crippen molar-refractivity contribution in [2.75, 3.05) is 14.2 Å². The van der Waals surface area contributed by atoms with Crippen molar-refractivity contribution in [1.29, 1.82) is 0 Å². The van der Waals surface area contributed by atoms with Crippen molar-refractivity contribution in [1.82, 2.24) is 9.88 Å². The second-order valence-corrected chi connectivity index (χ2v) is 4.99. The van der Waals surface area contributed by atoms with Crippen LogP contribution in [0.5, 0.6) is 11.5 Å². The van der Waals surface area contributed by atoms with Crippen molar-refractivity contribution in [2.45, 2.75) is 19.6 Å². The van der Waals surface area contributed by atoms with E-state index in [1.807, 2.05) is 24.3 Å². The Kier molecular flexibility index (Phi) is 5.36. The molecule has 0 aliphatic rings. The average Bonchev–Trinajstić information content (AvgIpc) is 2.55. The second kappa shape index (κ2) is 7.45. The minimum Gasteiger partial charge on any atom is -0.497 e. The van der Waals surface area contributed by atoms with Gasteiger partial charge in [-0.05, 0) is 36.8 Å². The molecule has 0 bridgehead atoms. The molecule has 1 atom stereocenters. The molecule has 0 aliphatic heterocycles. The molecule has 5 heteroatoms. The maximum atomic E-state index is 12.4. The average molecular weight is 300 g/mol. The molecule has 22 heavy (non-hydrogen) atoms. The van der Waals surface area contributed by atoms with Crippen LogP contribution in [-0.4, -0.2) is 36.1 Å². The summed E-state index contributed by atoms with van der Waals surface area (Å²) in [5, 5.41) is 0. The van der Waals surface area contributed by atoms with Crippen LogP contribution in [0, 0.1) is 0 Å². The van der Waals surface area contributed by atoms with Crippen LogP contribution in [0.2, 0.25) is 0 Å². The fraction of sp³-hybridized carbons (Fsp3) is 0.294. The van der Waals surface area contributed by atoms with Crippen LogP contribution in [0.4, 0.5) is 0 Å². The highest BCUT2D eigenvalue weighted by molar-refractivity contribution is 5.80. The predicted octanol–water partition coefficient (Wildman–Crippen LogP) is 2.52. The Balaban J connectivity index is 1.96. The zero-order valence-corrected chi connectivity index (χ0v) is 13.0. The lowest BCUT2D eigenvalue weighted by atomic mass is 10.2. The van der Waals surface area contributed by atoms with Gasteiger partial charge in [0, 0.05) is 19.8 Å². The Hall–Kier alpha value is -2.56. The summed E-state index contributed by atoms with van der Waals surface area (Å²) >= 11 is 0. The normalized spacial score (nSPS) is 11.6. The smallest absolute Gasteiger partial charge is 0.263 e. The summed E-state index contributed by atoms with van der Waals surface area (Å²) in [4.78, 5) is 18.0. The Morgan fingerprint density at radius 1 is 1.27 bits per heavy atom. The third kappa shape index (κ3) is 4.22. The van der Waals surface area contributed by atoms with Crippen LogP contribution in [0.1, 0.15) is 12.5 Å². The molecule has 116 valence electrons. The van der Waals surface area contributed by atoms with E-state index in [1.165, 1.54) is 0 Å². The molecule has 0 saturated heterocycles. The molecule has 0 radical (unpaired) electrons. The Morgan fingerprint density at radius 3 is 2.73 bits per heavy atom. The first-order chi connectivity index (χ1) is 10.6. The molecule has 0 aliphatic carbocycles. The van der Waals surface area contributed by atoms with E-state index in [0.717, 1.165) is 11.3 Å². The number of nitrogens with zero attached hydrogens (tertiary/aromatic N) is 2. The van der Waals surface area contributed by atoms with Gasteiger partial charge in [0.2, 0.25) is 0 Å².